The molecule has 0 aromatic heterocycles. The van der Waals surface area contributed by atoms with Crippen molar-refractivity contribution < 1.29 is 18.3 Å². The van der Waals surface area contributed by atoms with Gasteiger partial charge in [-0.25, -0.2) is 13.1 Å². The molecule has 0 aliphatic rings. The van der Waals surface area contributed by atoms with E-state index >= 15 is 0 Å². The van der Waals surface area contributed by atoms with E-state index in [0.717, 1.165) is 11.1 Å². The van der Waals surface area contributed by atoms with Crippen LogP contribution in [0.4, 0.5) is 0 Å². The Kier molecular flexibility index (Phi) is 5.89. The van der Waals surface area contributed by atoms with Crippen LogP contribution < -0.4 is 4.72 Å². The molecule has 1 atom stereocenters. The highest BCUT2D eigenvalue weighted by Gasteiger charge is 2.20. The van der Waals surface area contributed by atoms with Gasteiger partial charge in [0.05, 0.1) is 17.4 Å². The summed E-state index contributed by atoms with van der Waals surface area (Å²) in [5.41, 5.74) is 1.81. The van der Waals surface area contributed by atoms with Crippen LogP contribution in [0, 0.1) is 6.92 Å². The molecular weight excluding hydrogens is 326 g/mol. The smallest absolute Gasteiger partial charge is 0.305 e. The maximum absolute atomic E-state index is 12.4. The van der Waals surface area contributed by atoms with Crippen molar-refractivity contribution in [2.45, 2.75) is 24.3 Å². The molecular formula is C18H19NO4S. The predicted molar refractivity (Wildman–Crippen MR) is 93.0 cm³/mol. The first-order chi connectivity index (χ1) is 11.4. The van der Waals surface area contributed by atoms with Crippen LogP contribution in [0.1, 0.15) is 17.5 Å². The zero-order valence-corrected chi connectivity index (χ0v) is 14.0. The van der Waals surface area contributed by atoms with Crippen molar-refractivity contribution in [3.8, 4) is 0 Å². The minimum atomic E-state index is -3.79. The Morgan fingerprint density at radius 1 is 1.12 bits per heavy atom. The number of aryl methyl sites for hydroxylation is 1. The Morgan fingerprint density at radius 3 is 2.33 bits per heavy atom. The van der Waals surface area contributed by atoms with Gasteiger partial charge in [0.2, 0.25) is 10.0 Å². The monoisotopic (exact) mass is 345 g/mol. The van der Waals surface area contributed by atoms with Gasteiger partial charge in [0.25, 0.3) is 0 Å². The number of carbonyl (C=O) groups is 1. The van der Waals surface area contributed by atoms with Gasteiger partial charge in [0.1, 0.15) is 0 Å². The van der Waals surface area contributed by atoms with Crippen LogP contribution in [0.15, 0.2) is 65.6 Å². The van der Waals surface area contributed by atoms with Gasteiger partial charge in [-0.2, -0.15) is 0 Å². The first-order valence-electron chi connectivity index (χ1n) is 7.41. The first kappa shape index (κ1) is 17.9. The second-order valence-corrected chi connectivity index (χ2v) is 7.12. The summed E-state index contributed by atoms with van der Waals surface area (Å²) in [6, 6.07) is 14.8. The molecule has 6 heteroatoms. The van der Waals surface area contributed by atoms with E-state index in [1.165, 1.54) is 12.1 Å². The standard InChI is InChI=1S/C18H19NO4S/c1-14-7-11-17(12-8-14)24(22,23)19-16(13-18(20)21)10-9-15-5-3-2-4-6-15/h2-12,16,19H,13H2,1H3,(H,20,21)/b10-9+/t16-/m0/s1. The number of aliphatic carboxylic acids is 1. The highest BCUT2D eigenvalue weighted by molar-refractivity contribution is 7.89. The lowest BCUT2D eigenvalue weighted by molar-refractivity contribution is -0.137. The summed E-state index contributed by atoms with van der Waals surface area (Å²) in [5, 5.41) is 9.02. The minimum Gasteiger partial charge on any atom is -0.481 e. The Labute approximate surface area is 141 Å². The van der Waals surface area contributed by atoms with Gasteiger partial charge >= 0.3 is 5.97 Å². The maximum atomic E-state index is 12.4. The number of benzene rings is 2. The average Bonchev–Trinajstić information content (AvgIpc) is 2.53. The molecule has 5 nitrogen and oxygen atoms in total. The third-order valence-corrected chi connectivity index (χ3v) is 4.86. The van der Waals surface area contributed by atoms with Crippen LogP contribution in [0.3, 0.4) is 0 Å². The summed E-state index contributed by atoms with van der Waals surface area (Å²) >= 11 is 0. The van der Waals surface area contributed by atoms with Crippen LogP contribution in [-0.2, 0) is 14.8 Å². The van der Waals surface area contributed by atoms with Crippen molar-refractivity contribution in [2.75, 3.05) is 0 Å². The van der Waals surface area contributed by atoms with Gasteiger partial charge in [-0.1, -0.05) is 60.2 Å². The van der Waals surface area contributed by atoms with Crippen molar-refractivity contribution in [1.29, 1.82) is 0 Å². The van der Waals surface area contributed by atoms with Gasteiger partial charge in [0.15, 0.2) is 0 Å². The molecule has 0 unspecified atom stereocenters. The molecule has 2 N–H and O–H groups in total. The van der Waals surface area contributed by atoms with Crippen LogP contribution in [-0.4, -0.2) is 25.5 Å². The number of nitrogens with one attached hydrogen (secondary N) is 1. The molecule has 0 heterocycles. The van der Waals surface area contributed by atoms with Crippen LogP contribution in [0.5, 0.6) is 0 Å². The highest BCUT2D eigenvalue weighted by atomic mass is 32.2. The van der Waals surface area contributed by atoms with E-state index in [4.69, 9.17) is 5.11 Å². The molecule has 2 rings (SSSR count). The third-order valence-electron chi connectivity index (χ3n) is 3.35. The Hall–Kier alpha value is -2.44. The van der Waals surface area contributed by atoms with E-state index in [1.54, 1.807) is 24.3 Å². The summed E-state index contributed by atoms with van der Waals surface area (Å²) in [6.45, 7) is 1.86. The van der Waals surface area contributed by atoms with Gasteiger partial charge in [0, 0.05) is 0 Å². The molecule has 0 aliphatic carbocycles. The zero-order chi connectivity index (χ0) is 17.6. The van der Waals surface area contributed by atoms with Gasteiger partial charge in [-0.05, 0) is 24.6 Å². The zero-order valence-electron chi connectivity index (χ0n) is 13.2. The van der Waals surface area contributed by atoms with Crippen LogP contribution in [0.25, 0.3) is 6.08 Å². The fraction of sp³-hybridized carbons (Fsp3) is 0.167. The fourth-order valence-corrected chi connectivity index (χ4v) is 3.30. The fourth-order valence-electron chi connectivity index (χ4n) is 2.11. The quantitative estimate of drug-likeness (QED) is 0.808. The lowest BCUT2D eigenvalue weighted by Crippen LogP contribution is -2.35. The number of rotatable bonds is 7. The molecule has 0 radical (unpaired) electrons. The summed E-state index contributed by atoms with van der Waals surface area (Å²) in [6.07, 6.45) is 2.91. The van der Waals surface area contributed by atoms with E-state index in [2.05, 4.69) is 4.72 Å². The molecule has 0 aliphatic heterocycles. The number of hydrogen-bond acceptors (Lipinski definition) is 3. The predicted octanol–water partition coefficient (Wildman–Crippen LogP) is 2.83. The van der Waals surface area contributed by atoms with Crippen LogP contribution in [0.2, 0.25) is 0 Å². The van der Waals surface area contributed by atoms with Crippen molar-refractivity contribution in [1.82, 2.24) is 4.72 Å². The molecule has 24 heavy (non-hydrogen) atoms. The van der Waals surface area contributed by atoms with Crippen molar-refractivity contribution >= 4 is 22.1 Å². The second kappa shape index (κ2) is 7.90. The molecule has 0 amide bonds. The Morgan fingerprint density at radius 2 is 1.75 bits per heavy atom. The Bertz CT molecular complexity index is 812. The van der Waals surface area contributed by atoms with E-state index in [0.29, 0.717) is 0 Å². The number of hydrogen-bond donors (Lipinski definition) is 2. The topological polar surface area (TPSA) is 83.5 Å². The first-order valence-corrected chi connectivity index (χ1v) is 8.89. The lowest BCUT2D eigenvalue weighted by atomic mass is 10.1. The average molecular weight is 345 g/mol. The van der Waals surface area contributed by atoms with Crippen LogP contribution >= 0.6 is 0 Å². The molecule has 0 saturated heterocycles. The molecule has 126 valence electrons. The molecule has 2 aromatic rings. The summed E-state index contributed by atoms with van der Waals surface area (Å²) in [5.74, 6) is -1.08. The summed E-state index contributed by atoms with van der Waals surface area (Å²) < 4.78 is 27.3. The third kappa shape index (κ3) is 5.33. The number of sulfonamides is 1. The van der Waals surface area contributed by atoms with Gasteiger partial charge < -0.3 is 5.11 Å². The summed E-state index contributed by atoms with van der Waals surface area (Å²) in [4.78, 5) is 11.1. The lowest BCUT2D eigenvalue weighted by Gasteiger charge is -2.14. The SMILES string of the molecule is Cc1ccc(S(=O)(=O)N[C@@H](/C=C/c2ccccc2)CC(=O)O)cc1. The normalized spacial score (nSPS) is 13.0. The van der Waals surface area contributed by atoms with E-state index in [1.807, 2.05) is 37.3 Å². The van der Waals surface area contributed by atoms with Crippen molar-refractivity contribution in [2.24, 2.45) is 0 Å². The highest BCUT2D eigenvalue weighted by Crippen LogP contribution is 2.12. The largest absolute Gasteiger partial charge is 0.481 e. The van der Waals surface area contributed by atoms with Crippen molar-refractivity contribution in [3.63, 3.8) is 0 Å². The van der Waals surface area contributed by atoms with E-state index in [-0.39, 0.29) is 11.3 Å². The minimum absolute atomic E-state index is 0.108. The Balaban J connectivity index is 2.20. The molecule has 0 fully saturated rings. The molecule has 0 bridgehead atoms. The number of carboxylic acid groups (broad SMARTS) is 1. The van der Waals surface area contributed by atoms with E-state index < -0.39 is 22.0 Å². The van der Waals surface area contributed by atoms with Gasteiger partial charge in [-0.3, -0.25) is 4.79 Å². The molecule has 0 spiro atoms. The maximum Gasteiger partial charge on any atom is 0.305 e. The van der Waals surface area contributed by atoms with Crippen molar-refractivity contribution in [3.05, 3.63) is 71.8 Å². The van der Waals surface area contributed by atoms with E-state index in [9.17, 15) is 13.2 Å². The molecule has 2 aromatic carbocycles. The second-order valence-electron chi connectivity index (χ2n) is 5.41. The number of carboxylic acids is 1. The molecule has 0 saturated carbocycles. The summed E-state index contributed by atoms with van der Waals surface area (Å²) in [7, 11) is -3.79. The van der Waals surface area contributed by atoms with Gasteiger partial charge in [-0.15, -0.1) is 0 Å².